The molecule has 1 aromatic carbocycles. The molecule has 13 heteroatoms. The molecule has 0 spiro atoms. The van der Waals surface area contributed by atoms with Gasteiger partial charge >= 0.3 is 74.3 Å². The molecular formula is C7H15ClNa2O8P2. The normalized spacial score (nSPS) is 10.5. The van der Waals surface area contributed by atoms with Gasteiger partial charge in [-0.05, 0) is 17.7 Å². The fraction of sp³-hybridized carbons (Fsp3) is 0.143. The second-order valence-corrected chi connectivity index (χ2v) is 7.34. The van der Waals surface area contributed by atoms with Gasteiger partial charge in [0.1, 0.15) is 0 Å². The van der Waals surface area contributed by atoms with Crippen LogP contribution in [0.1, 0.15) is 11.0 Å². The molecule has 0 aliphatic rings. The van der Waals surface area contributed by atoms with E-state index in [4.69, 9.17) is 31.2 Å². The van der Waals surface area contributed by atoms with Crippen LogP contribution in [0.5, 0.6) is 0 Å². The van der Waals surface area contributed by atoms with Gasteiger partial charge in [0.25, 0.3) is 0 Å². The molecule has 0 fully saturated rings. The zero-order valence-electron chi connectivity index (χ0n) is 8.76. The number of hydrogen-bond acceptors (Lipinski definition) is 2. The van der Waals surface area contributed by atoms with Crippen LogP contribution in [0.4, 0.5) is 0 Å². The van der Waals surface area contributed by atoms with E-state index in [2.05, 4.69) is 0 Å². The fourth-order valence-electron chi connectivity index (χ4n) is 1.22. The predicted octanol–water partition coefficient (Wildman–Crippen LogP) is -1.25. The fourth-order valence-corrected chi connectivity index (χ4v) is 4.03. The van der Waals surface area contributed by atoms with Gasteiger partial charge in [-0.2, -0.15) is 0 Å². The molecule has 1 aromatic rings. The summed E-state index contributed by atoms with van der Waals surface area (Å²) in [5.41, 5.74) is -0.147. The second kappa shape index (κ2) is 11.3. The van der Waals surface area contributed by atoms with Gasteiger partial charge in [-0.25, -0.2) is 0 Å². The van der Waals surface area contributed by atoms with Gasteiger partial charge in [0, 0.05) is 5.02 Å². The zero-order valence-corrected chi connectivity index (χ0v) is 11.3. The van der Waals surface area contributed by atoms with Crippen molar-refractivity contribution in [3.63, 3.8) is 0 Å². The number of rotatable bonds is 3. The maximum atomic E-state index is 11.0. The minimum absolute atomic E-state index is 0. The summed E-state index contributed by atoms with van der Waals surface area (Å²) in [4.78, 5) is 35.7. The third-order valence-corrected chi connectivity index (χ3v) is 5.73. The standard InChI is InChI=1S/C7H9ClO6P2.2Na.2H2O.2H/c8-6-3-1-5(2-4-6)7(15(9,10)11)16(12,13)14;;;;;;/h1-4,7H,(H2,9,10,11)(H2,12,13,14);;;2*1H2;;. The Hall–Kier alpha value is 1.73. The minimum atomic E-state index is -4.94. The molecule has 110 valence electrons. The zero-order chi connectivity index (χ0) is 12.6. The van der Waals surface area contributed by atoms with Gasteiger partial charge in [-0.3, -0.25) is 9.13 Å². The van der Waals surface area contributed by atoms with Crippen LogP contribution in [0.15, 0.2) is 24.3 Å². The molecule has 0 bridgehead atoms. The monoisotopic (exact) mass is 370 g/mol. The molecule has 0 unspecified atom stereocenters. The van der Waals surface area contributed by atoms with Crippen molar-refractivity contribution in [1.82, 2.24) is 0 Å². The van der Waals surface area contributed by atoms with Crippen LogP contribution in [0.25, 0.3) is 0 Å². The molecule has 0 aliphatic carbocycles. The Balaban J connectivity index is -0.000000320. The topological polar surface area (TPSA) is 178 Å². The van der Waals surface area contributed by atoms with Crippen molar-refractivity contribution in [3.05, 3.63) is 34.9 Å². The Morgan fingerprint density at radius 3 is 1.40 bits per heavy atom. The van der Waals surface area contributed by atoms with Crippen molar-refractivity contribution in [2.75, 3.05) is 0 Å². The van der Waals surface area contributed by atoms with Crippen molar-refractivity contribution in [1.29, 1.82) is 0 Å². The summed E-state index contributed by atoms with van der Waals surface area (Å²) in [6.45, 7) is 0. The van der Waals surface area contributed by atoms with Gasteiger partial charge in [0.2, 0.25) is 0 Å². The SMILES string of the molecule is O.O.O=P(O)(O)C(c1ccc(Cl)cc1)P(=O)(O)O.[NaH].[NaH]. The second-order valence-electron chi connectivity index (χ2n) is 3.10. The summed E-state index contributed by atoms with van der Waals surface area (Å²) in [7, 11) is -9.88. The van der Waals surface area contributed by atoms with E-state index in [-0.39, 0.29) is 75.6 Å². The van der Waals surface area contributed by atoms with Gasteiger partial charge < -0.3 is 30.5 Å². The summed E-state index contributed by atoms with van der Waals surface area (Å²) in [6.07, 6.45) is 0. The van der Waals surface area contributed by atoms with E-state index in [1.54, 1.807) is 0 Å². The third kappa shape index (κ3) is 9.00. The van der Waals surface area contributed by atoms with Crippen molar-refractivity contribution in [3.8, 4) is 0 Å². The first-order chi connectivity index (χ1) is 7.12. The van der Waals surface area contributed by atoms with E-state index in [0.29, 0.717) is 5.02 Å². The molecule has 0 radical (unpaired) electrons. The van der Waals surface area contributed by atoms with Crippen LogP contribution in [-0.2, 0) is 9.13 Å². The molecule has 0 saturated heterocycles. The molecule has 8 N–H and O–H groups in total. The number of halogens is 1. The van der Waals surface area contributed by atoms with E-state index < -0.39 is 20.6 Å². The van der Waals surface area contributed by atoms with E-state index in [1.807, 2.05) is 0 Å². The van der Waals surface area contributed by atoms with Crippen LogP contribution in [-0.4, -0.2) is 89.6 Å². The first-order valence-electron chi connectivity index (χ1n) is 3.98. The van der Waals surface area contributed by atoms with Gasteiger partial charge in [0.15, 0.2) is 5.40 Å². The Labute approximate surface area is 164 Å². The molecular weight excluding hydrogens is 355 g/mol. The van der Waals surface area contributed by atoms with Crippen LogP contribution < -0.4 is 0 Å². The average Bonchev–Trinajstić information content (AvgIpc) is 2.03. The summed E-state index contributed by atoms with van der Waals surface area (Å²) in [5, 5.41) is -1.84. The Morgan fingerprint density at radius 2 is 1.15 bits per heavy atom. The molecule has 8 nitrogen and oxygen atoms in total. The van der Waals surface area contributed by atoms with Crippen molar-refractivity contribution >= 4 is 85.9 Å². The summed E-state index contributed by atoms with van der Waals surface area (Å²) < 4.78 is 22.1. The molecule has 20 heavy (non-hydrogen) atoms. The van der Waals surface area contributed by atoms with Crippen LogP contribution >= 0.6 is 26.8 Å². The predicted molar refractivity (Wildman–Crippen MR) is 79.8 cm³/mol. The Morgan fingerprint density at radius 1 is 0.850 bits per heavy atom. The molecule has 0 atom stereocenters. The van der Waals surface area contributed by atoms with Crippen molar-refractivity contribution in [2.24, 2.45) is 0 Å². The van der Waals surface area contributed by atoms with Crippen LogP contribution in [0, 0.1) is 0 Å². The van der Waals surface area contributed by atoms with Gasteiger partial charge in [-0.1, -0.05) is 23.7 Å². The van der Waals surface area contributed by atoms with E-state index in [9.17, 15) is 9.13 Å². The van der Waals surface area contributed by atoms with Gasteiger partial charge in [0.05, 0.1) is 0 Å². The molecule has 0 amide bonds. The molecule has 1 rings (SSSR count). The Bertz CT molecular complexity index is 450. The van der Waals surface area contributed by atoms with Crippen molar-refractivity contribution in [2.45, 2.75) is 5.40 Å². The van der Waals surface area contributed by atoms with Gasteiger partial charge in [-0.15, -0.1) is 0 Å². The first-order valence-corrected chi connectivity index (χ1v) is 7.72. The van der Waals surface area contributed by atoms with Crippen molar-refractivity contribution < 1.29 is 39.7 Å². The summed E-state index contributed by atoms with van der Waals surface area (Å²) >= 11 is 5.56. The molecule has 0 aromatic heterocycles. The van der Waals surface area contributed by atoms with Crippen LogP contribution in [0.2, 0.25) is 5.02 Å². The van der Waals surface area contributed by atoms with E-state index >= 15 is 0 Å². The summed E-state index contributed by atoms with van der Waals surface area (Å²) in [6, 6.07) is 4.95. The Kier molecular flexibility index (Phi) is 16.8. The molecule has 0 heterocycles. The number of benzene rings is 1. The average molecular weight is 371 g/mol. The first kappa shape index (κ1) is 29.7. The number of hydrogen-bond donors (Lipinski definition) is 4. The molecule has 0 saturated carbocycles. The maximum absolute atomic E-state index is 11.0. The third-order valence-electron chi connectivity index (χ3n) is 1.81. The van der Waals surface area contributed by atoms with E-state index in [0.717, 1.165) is 0 Å². The van der Waals surface area contributed by atoms with E-state index in [1.165, 1.54) is 24.3 Å². The summed E-state index contributed by atoms with van der Waals surface area (Å²) in [5.74, 6) is 0. The van der Waals surface area contributed by atoms with Crippen LogP contribution in [0.3, 0.4) is 0 Å². The molecule has 0 aliphatic heterocycles. The quantitative estimate of drug-likeness (QED) is 0.381.